The Labute approximate surface area is 101 Å². The van der Waals surface area contributed by atoms with Crippen LogP contribution in [0.2, 0.25) is 0 Å². The Morgan fingerprint density at radius 1 is 1.25 bits per heavy atom. The van der Waals surface area contributed by atoms with E-state index in [1.807, 2.05) is 0 Å². The van der Waals surface area contributed by atoms with Gasteiger partial charge in [-0.05, 0) is 40.7 Å². The first kappa shape index (κ1) is 10.8. The van der Waals surface area contributed by atoms with Gasteiger partial charge in [-0.2, -0.15) is 0 Å². The molecular weight excluding hydrogens is 210 g/mol. The predicted octanol–water partition coefficient (Wildman–Crippen LogP) is 2.57. The van der Waals surface area contributed by atoms with Gasteiger partial charge in [0.05, 0.1) is 0 Å². The van der Waals surface area contributed by atoms with Crippen LogP contribution in [0.5, 0.6) is 0 Å². The highest BCUT2D eigenvalue weighted by Gasteiger charge is 2.57. The monoisotopic (exact) mass is 230 g/mol. The third-order valence-corrected chi connectivity index (χ3v) is 8.93. The molecule has 0 nitrogen and oxygen atoms in total. The Hall–Kier alpha value is -0.285. The first-order chi connectivity index (χ1) is 7.63. The maximum Gasteiger partial charge on any atom is 0.115 e. The SMILES string of the molecule is B[C@]12C[C@H](C)[C@@H](C[C@@H]1C)P2c1ccccc1. The second-order valence-electron chi connectivity index (χ2n) is 5.95. The summed E-state index contributed by atoms with van der Waals surface area (Å²) >= 11 is 0. The zero-order valence-electron chi connectivity index (χ0n) is 10.5. The molecule has 2 aliphatic rings. The van der Waals surface area contributed by atoms with Gasteiger partial charge in [0, 0.05) is 0 Å². The van der Waals surface area contributed by atoms with E-state index in [0.29, 0.717) is 5.06 Å². The minimum absolute atomic E-state index is 0.0877. The lowest BCUT2D eigenvalue weighted by atomic mass is 9.65. The molecule has 1 unspecified atom stereocenters. The molecular formula is C14H20BP. The molecule has 0 spiro atoms. The van der Waals surface area contributed by atoms with Crippen LogP contribution in [0, 0.1) is 11.8 Å². The molecule has 2 heterocycles. The van der Waals surface area contributed by atoms with Crippen molar-refractivity contribution >= 4 is 21.1 Å². The number of hydrogen-bond donors (Lipinski definition) is 0. The second kappa shape index (κ2) is 3.60. The van der Waals surface area contributed by atoms with Crippen LogP contribution in [0.3, 0.4) is 0 Å². The van der Waals surface area contributed by atoms with Crippen molar-refractivity contribution in [2.45, 2.75) is 37.4 Å². The van der Waals surface area contributed by atoms with Gasteiger partial charge < -0.3 is 0 Å². The van der Waals surface area contributed by atoms with E-state index in [9.17, 15) is 0 Å². The summed E-state index contributed by atoms with van der Waals surface area (Å²) in [6.07, 6.45) is 2.93. The Balaban J connectivity index is 2.03. The molecule has 2 saturated heterocycles. The lowest BCUT2D eigenvalue weighted by Gasteiger charge is -2.33. The molecule has 84 valence electrons. The van der Waals surface area contributed by atoms with Crippen LogP contribution in [0.25, 0.3) is 0 Å². The molecule has 1 aromatic rings. The molecule has 1 aromatic carbocycles. The minimum atomic E-state index is 0.0877. The average molecular weight is 230 g/mol. The van der Waals surface area contributed by atoms with Gasteiger partial charge in [0.15, 0.2) is 0 Å². The third kappa shape index (κ3) is 1.34. The van der Waals surface area contributed by atoms with Crippen LogP contribution in [0.1, 0.15) is 26.7 Å². The van der Waals surface area contributed by atoms with E-state index in [4.69, 9.17) is 0 Å². The summed E-state index contributed by atoms with van der Waals surface area (Å²) in [5.41, 5.74) is 0.998. The molecule has 2 aliphatic heterocycles. The van der Waals surface area contributed by atoms with Crippen LogP contribution in [0.4, 0.5) is 0 Å². The van der Waals surface area contributed by atoms with Crippen molar-refractivity contribution in [1.29, 1.82) is 0 Å². The second-order valence-corrected chi connectivity index (χ2v) is 8.89. The first-order valence-corrected chi connectivity index (χ1v) is 7.88. The van der Waals surface area contributed by atoms with Crippen molar-refractivity contribution in [3.05, 3.63) is 30.3 Å². The summed E-state index contributed by atoms with van der Waals surface area (Å²) in [6, 6.07) is 11.3. The maximum atomic E-state index is 2.56. The Bertz CT molecular complexity index is 391. The van der Waals surface area contributed by atoms with E-state index in [1.54, 1.807) is 5.30 Å². The Morgan fingerprint density at radius 3 is 2.50 bits per heavy atom. The molecule has 5 atom stereocenters. The topological polar surface area (TPSA) is 0 Å². The molecule has 0 N–H and O–H groups in total. The van der Waals surface area contributed by atoms with Crippen molar-refractivity contribution in [3.8, 4) is 0 Å². The van der Waals surface area contributed by atoms with Crippen LogP contribution in [0.15, 0.2) is 30.3 Å². The molecule has 3 rings (SSSR count). The van der Waals surface area contributed by atoms with Crippen molar-refractivity contribution < 1.29 is 0 Å². The molecule has 16 heavy (non-hydrogen) atoms. The summed E-state index contributed by atoms with van der Waals surface area (Å²) in [4.78, 5) is 0. The largest absolute Gasteiger partial charge is 0.115 e. The minimum Gasteiger partial charge on any atom is -0.0735 e. The van der Waals surface area contributed by atoms with Gasteiger partial charge in [0.1, 0.15) is 7.85 Å². The Kier molecular flexibility index (Phi) is 2.44. The van der Waals surface area contributed by atoms with Crippen molar-refractivity contribution in [3.63, 3.8) is 0 Å². The Morgan fingerprint density at radius 2 is 1.94 bits per heavy atom. The fourth-order valence-electron chi connectivity index (χ4n) is 3.99. The normalized spacial score (nSPS) is 46.1. The summed E-state index contributed by atoms with van der Waals surface area (Å²) in [7, 11) is 2.64. The third-order valence-electron chi connectivity index (χ3n) is 4.97. The van der Waals surface area contributed by atoms with Gasteiger partial charge in [-0.15, -0.1) is 0 Å². The van der Waals surface area contributed by atoms with Gasteiger partial charge in [-0.3, -0.25) is 0 Å². The molecule has 0 radical (unpaired) electrons. The summed E-state index contributed by atoms with van der Waals surface area (Å²) < 4.78 is 0. The van der Waals surface area contributed by atoms with Crippen molar-refractivity contribution in [1.82, 2.24) is 0 Å². The van der Waals surface area contributed by atoms with Gasteiger partial charge >= 0.3 is 0 Å². The van der Waals surface area contributed by atoms with Crippen LogP contribution in [-0.2, 0) is 0 Å². The molecule has 2 fully saturated rings. The highest BCUT2D eigenvalue weighted by molar-refractivity contribution is 7.70. The van der Waals surface area contributed by atoms with E-state index < -0.39 is 0 Å². The number of fused-ring (bicyclic) bond motifs is 2. The zero-order chi connectivity index (χ0) is 11.3. The maximum absolute atomic E-state index is 2.56. The number of rotatable bonds is 1. The van der Waals surface area contributed by atoms with E-state index >= 15 is 0 Å². The molecule has 0 saturated carbocycles. The van der Waals surface area contributed by atoms with Gasteiger partial charge in [-0.1, -0.05) is 52.1 Å². The average Bonchev–Trinajstić information content (AvgIpc) is 2.66. The van der Waals surface area contributed by atoms with E-state index in [2.05, 4.69) is 52.0 Å². The first-order valence-electron chi connectivity index (χ1n) is 6.47. The number of hydrogen-bond acceptors (Lipinski definition) is 0. The zero-order valence-corrected chi connectivity index (χ0v) is 11.4. The summed E-state index contributed by atoms with van der Waals surface area (Å²) in [5, 5.41) is 2.28. The van der Waals surface area contributed by atoms with Crippen molar-refractivity contribution in [2.24, 2.45) is 11.8 Å². The predicted molar refractivity (Wildman–Crippen MR) is 75.6 cm³/mol. The molecule has 0 aliphatic carbocycles. The fourth-order valence-corrected chi connectivity index (χ4v) is 8.42. The van der Waals surface area contributed by atoms with Gasteiger partial charge in [0.25, 0.3) is 0 Å². The molecule has 0 aromatic heterocycles. The van der Waals surface area contributed by atoms with Gasteiger partial charge in [-0.25, -0.2) is 0 Å². The fraction of sp³-hybridized carbons (Fsp3) is 0.571. The lowest BCUT2D eigenvalue weighted by Crippen LogP contribution is -2.33. The quantitative estimate of drug-likeness (QED) is 0.513. The van der Waals surface area contributed by atoms with Crippen molar-refractivity contribution in [2.75, 3.05) is 0 Å². The van der Waals surface area contributed by atoms with Gasteiger partial charge in [0.2, 0.25) is 0 Å². The summed E-state index contributed by atoms with van der Waals surface area (Å²) in [6.45, 7) is 4.95. The molecule has 2 heteroatoms. The standard InChI is InChI=1S/C14H20BP/c1-10-9-14(15)11(2)8-13(10)16(14)12-6-4-3-5-7-12/h3-7,10-11,13H,8-9,15H2,1-2H3/t10-,11-,13+,14-,16?/m0/s1. The summed E-state index contributed by atoms with van der Waals surface area (Å²) in [5.74, 6) is 1.88. The van der Waals surface area contributed by atoms with E-state index in [-0.39, 0.29) is 7.92 Å². The van der Waals surface area contributed by atoms with Crippen LogP contribution >= 0.6 is 7.92 Å². The molecule has 0 amide bonds. The molecule has 2 bridgehead atoms. The highest BCUT2D eigenvalue weighted by Crippen LogP contribution is 2.72. The van der Waals surface area contributed by atoms with Crippen LogP contribution in [-0.4, -0.2) is 18.6 Å². The lowest BCUT2D eigenvalue weighted by molar-refractivity contribution is 0.341. The smallest absolute Gasteiger partial charge is 0.0735 e. The van der Waals surface area contributed by atoms with E-state index in [0.717, 1.165) is 17.5 Å². The van der Waals surface area contributed by atoms with Crippen LogP contribution < -0.4 is 5.30 Å². The number of benzene rings is 1. The highest BCUT2D eigenvalue weighted by atomic mass is 31.1. The van der Waals surface area contributed by atoms with E-state index in [1.165, 1.54) is 12.8 Å².